The van der Waals surface area contributed by atoms with E-state index in [1.807, 2.05) is 42.5 Å². The molecular formula is C19H19NO3. The molecule has 1 heterocycles. The van der Waals surface area contributed by atoms with E-state index in [0.29, 0.717) is 18.7 Å². The van der Waals surface area contributed by atoms with Crippen LogP contribution in [-0.4, -0.2) is 25.0 Å². The summed E-state index contributed by atoms with van der Waals surface area (Å²) < 4.78 is 4.99. The predicted octanol–water partition coefficient (Wildman–Crippen LogP) is 2.86. The summed E-state index contributed by atoms with van der Waals surface area (Å²) in [6.07, 6.45) is 0. The summed E-state index contributed by atoms with van der Waals surface area (Å²) in [5.74, 6) is -0.428. The average Bonchev–Trinajstić information content (AvgIpc) is 2.97. The molecule has 3 rings (SSSR count). The van der Waals surface area contributed by atoms with Crippen molar-refractivity contribution < 1.29 is 14.3 Å². The van der Waals surface area contributed by atoms with E-state index in [9.17, 15) is 9.59 Å². The molecule has 1 aliphatic rings. The molecule has 2 aromatic carbocycles. The van der Waals surface area contributed by atoms with Gasteiger partial charge in [0, 0.05) is 12.5 Å². The van der Waals surface area contributed by atoms with Gasteiger partial charge in [0.15, 0.2) is 0 Å². The van der Waals surface area contributed by atoms with Gasteiger partial charge in [-0.05, 0) is 30.2 Å². The van der Waals surface area contributed by atoms with Crippen molar-refractivity contribution in [2.45, 2.75) is 18.8 Å². The first-order valence-corrected chi connectivity index (χ1v) is 7.80. The van der Waals surface area contributed by atoms with Gasteiger partial charge in [-0.25, -0.2) is 4.79 Å². The van der Waals surface area contributed by atoms with Gasteiger partial charge in [-0.15, -0.1) is 0 Å². The van der Waals surface area contributed by atoms with Crippen molar-refractivity contribution in [2.75, 3.05) is 13.2 Å². The lowest BCUT2D eigenvalue weighted by molar-refractivity contribution is -0.120. The van der Waals surface area contributed by atoms with Gasteiger partial charge >= 0.3 is 5.97 Å². The van der Waals surface area contributed by atoms with Crippen LogP contribution in [0.3, 0.4) is 0 Å². The topological polar surface area (TPSA) is 55.4 Å². The fourth-order valence-electron chi connectivity index (χ4n) is 3.06. The molecule has 1 aliphatic heterocycles. The minimum Gasteiger partial charge on any atom is -0.462 e. The fourth-order valence-corrected chi connectivity index (χ4v) is 3.06. The zero-order chi connectivity index (χ0) is 16.2. The van der Waals surface area contributed by atoms with Gasteiger partial charge < -0.3 is 10.1 Å². The lowest BCUT2D eigenvalue weighted by Crippen LogP contribution is -2.18. The number of ether oxygens (including phenoxy) is 1. The lowest BCUT2D eigenvalue weighted by atomic mass is 9.83. The molecule has 2 atom stereocenters. The summed E-state index contributed by atoms with van der Waals surface area (Å²) >= 11 is 0. The molecule has 1 N–H and O–H groups in total. The van der Waals surface area contributed by atoms with Crippen LogP contribution in [0.5, 0.6) is 0 Å². The zero-order valence-electron chi connectivity index (χ0n) is 13.0. The number of benzene rings is 2. The van der Waals surface area contributed by atoms with Crippen LogP contribution in [0.4, 0.5) is 0 Å². The Morgan fingerprint density at radius 3 is 2.43 bits per heavy atom. The number of carbonyl (C=O) groups excluding carboxylic acids is 2. The summed E-state index contributed by atoms with van der Waals surface area (Å²) in [6, 6.07) is 17.2. The van der Waals surface area contributed by atoms with Crippen LogP contribution >= 0.6 is 0 Å². The molecule has 0 bridgehead atoms. The Balaban J connectivity index is 1.86. The molecule has 0 aromatic heterocycles. The smallest absolute Gasteiger partial charge is 0.338 e. The maximum Gasteiger partial charge on any atom is 0.338 e. The third-order valence-electron chi connectivity index (χ3n) is 4.19. The van der Waals surface area contributed by atoms with Gasteiger partial charge in [0.25, 0.3) is 0 Å². The van der Waals surface area contributed by atoms with E-state index in [1.165, 1.54) is 0 Å². The molecule has 23 heavy (non-hydrogen) atoms. The van der Waals surface area contributed by atoms with Crippen molar-refractivity contribution in [3.05, 3.63) is 71.3 Å². The summed E-state index contributed by atoms with van der Waals surface area (Å²) in [5, 5.41) is 2.94. The van der Waals surface area contributed by atoms with E-state index in [2.05, 4.69) is 5.32 Å². The van der Waals surface area contributed by atoms with Crippen molar-refractivity contribution in [1.29, 1.82) is 0 Å². The van der Waals surface area contributed by atoms with Gasteiger partial charge in [-0.1, -0.05) is 42.5 Å². The molecule has 1 saturated heterocycles. The number of amides is 1. The highest BCUT2D eigenvalue weighted by molar-refractivity contribution is 5.90. The van der Waals surface area contributed by atoms with Crippen LogP contribution in [0.2, 0.25) is 0 Å². The van der Waals surface area contributed by atoms with Crippen LogP contribution in [0.25, 0.3) is 0 Å². The van der Waals surface area contributed by atoms with E-state index < -0.39 is 0 Å². The highest BCUT2D eigenvalue weighted by Gasteiger charge is 2.36. The SMILES string of the molecule is CCOC(=O)c1ccc([C@@H]2C(=O)NCC2c2ccccc2)cc1. The molecule has 1 amide bonds. The van der Waals surface area contributed by atoms with Crippen LogP contribution < -0.4 is 5.32 Å². The van der Waals surface area contributed by atoms with E-state index in [-0.39, 0.29) is 23.7 Å². The van der Waals surface area contributed by atoms with Crippen molar-refractivity contribution in [3.63, 3.8) is 0 Å². The van der Waals surface area contributed by atoms with E-state index in [0.717, 1.165) is 11.1 Å². The molecule has 0 saturated carbocycles. The molecule has 4 nitrogen and oxygen atoms in total. The highest BCUT2D eigenvalue weighted by Crippen LogP contribution is 2.36. The quantitative estimate of drug-likeness (QED) is 0.884. The van der Waals surface area contributed by atoms with Crippen molar-refractivity contribution in [3.8, 4) is 0 Å². The van der Waals surface area contributed by atoms with Crippen molar-refractivity contribution in [1.82, 2.24) is 5.32 Å². The maximum atomic E-state index is 12.3. The normalized spacial score (nSPS) is 20.1. The largest absolute Gasteiger partial charge is 0.462 e. The first-order valence-electron chi connectivity index (χ1n) is 7.80. The number of nitrogens with one attached hydrogen (secondary N) is 1. The molecular weight excluding hydrogens is 290 g/mol. The molecule has 1 fully saturated rings. The standard InChI is InChI=1S/C19H19NO3/c1-2-23-19(22)15-10-8-14(9-11-15)17-16(12-20-18(17)21)13-6-4-3-5-7-13/h3-11,16-17H,2,12H2,1H3,(H,20,21)/t16?,17-/m0/s1. The van der Waals surface area contributed by atoms with Gasteiger partial charge in [0.2, 0.25) is 5.91 Å². The van der Waals surface area contributed by atoms with Crippen molar-refractivity contribution >= 4 is 11.9 Å². The molecule has 4 heteroatoms. The molecule has 0 spiro atoms. The number of hydrogen-bond acceptors (Lipinski definition) is 3. The summed E-state index contributed by atoms with van der Waals surface area (Å²) in [6.45, 7) is 2.76. The minimum atomic E-state index is -0.338. The second kappa shape index (κ2) is 6.65. The Morgan fingerprint density at radius 2 is 1.78 bits per heavy atom. The van der Waals surface area contributed by atoms with Gasteiger partial charge in [-0.2, -0.15) is 0 Å². The Kier molecular flexibility index (Phi) is 4.42. The third kappa shape index (κ3) is 3.11. The second-order valence-corrected chi connectivity index (χ2v) is 5.58. The second-order valence-electron chi connectivity index (χ2n) is 5.58. The van der Waals surface area contributed by atoms with Gasteiger partial charge in [-0.3, -0.25) is 4.79 Å². The van der Waals surface area contributed by atoms with E-state index >= 15 is 0 Å². The fraction of sp³-hybridized carbons (Fsp3) is 0.263. The first kappa shape index (κ1) is 15.3. The summed E-state index contributed by atoms with van der Waals surface area (Å²) in [7, 11) is 0. The average molecular weight is 309 g/mol. The van der Waals surface area contributed by atoms with Gasteiger partial charge in [0.05, 0.1) is 18.1 Å². The minimum absolute atomic E-state index is 0.0303. The zero-order valence-corrected chi connectivity index (χ0v) is 13.0. The Morgan fingerprint density at radius 1 is 1.09 bits per heavy atom. The molecule has 0 radical (unpaired) electrons. The van der Waals surface area contributed by atoms with E-state index in [1.54, 1.807) is 19.1 Å². The monoisotopic (exact) mass is 309 g/mol. The molecule has 118 valence electrons. The van der Waals surface area contributed by atoms with Crippen LogP contribution in [0, 0.1) is 0 Å². The number of rotatable bonds is 4. The first-order chi connectivity index (χ1) is 11.2. The predicted molar refractivity (Wildman–Crippen MR) is 87.3 cm³/mol. The van der Waals surface area contributed by atoms with E-state index in [4.69, 9.17) is 4.74 Å². The maximum absolute atomic E-state index is 12.3. The van der Waals surface area contributed by atoms with Crippen LogP contribution in [0.15, 0.2) is 54.6 Å². The van der Waals surface area contributed by atoms with Gasteiger partial charge in [0.1, 0.15) is 0 Å². The Bertz CT molecular complexity index is 694. The summed E-state index contributed by atoms with van der Waals surface area (Å²) in [4.78, 5) is 24.0. The highest BCUT2D eigenvalue weighted by atomic mass is 16.5. The molecule has 2 aromatic rings. The number of carbonyl (C=O) groups is 2. The number of esters is 1. The van der Waals surface area contributed by atoms with Crippen LogP contribution in [-0.2, 0) is 9.53 Å². The van der Waals surface area contributed by atoms with Crippen LogP contribution in [0.1, 0.15) is 40.2 Å². The molecule has 0 aliphatic carbocycles. The number of hydrogen-bond donors (Lipinski definition) is 1. The lowest BCUT2D eigenvalue weighted by Gasteiger charge is -2.17. The summed E-state index contributed by atoms with van der Waals surface area (Å²) in [5.41, 5.74) is 2.57. The molecule has 1 unspecified atom stereocenters. The van der Waals surface area contributed by atoms with Crippen molar-refractivity contribution in [2.24, 2.45) is 0 Å². The Labute approximate surface area is 135 Å². The Hall–Kier alpha value is -2.62. The third-order valence-corrected chi connectivity index (χ3v) is 4.19.